The first kappa shape index (κ1) is 19.7. The molecule has 1 atom stereocenters. The van der Waals surface area contributed by atoms with Crippen molar-refractivity contribution in [1.29, 1.82) is 0 Å². The number of H-pyrrole nitrogens is 1. The minimum absolute atomic E-state index is 0.208. The Morgan fingerprint density at radius 1 is 1.33 bits per heavy atom. The van der Waals surface area contributed by atoms with E-state index in [1.165, 1.54) is 44.1 Å². The van der Waals surface area contributed by atoms with Crippen molar-refractivity contribution >= 4 is 16.9 Å². The molecular formula is C21H32FN5. The summed E-state index contributed by atoms with van der Waals surface area (Å²) >= 11 is 0. The molecule has 1 aliphatic heterocycles. The highest BCUT2D eigenvalue weighted by Gasteiger charge is 2.21. The van der Waals surface area contributed by atoms with Gasteiger partial charge < -0.3 is 20.5 Å². The molecule has 0 saturated carbocycles. The van der Waals surface area contributed by atoms with Gasteiger partial charge in [0.15, 0.2) is 5.96 Å². The monoisotopic (exact) mass is 373 g/mol. The molecule has 0 spiro atoms. The second-order valence-electron chi connectivity index (χ2n) is 7.36. The van der Waals surface area contributed by atoms with E-state index in [0.717, 1.165) is 42.9 Å². The largest absolute Gasteiger partial charge is 0.361 e. The number of fused-ring (bicyclic) bond motifs is 1. The zero-order chi connectivity index (χ0) is 19.1. The zero-order valence-electron chi connectivity index (χ0n) is 16.5. The van der Waals surface area contributed by atoms with E-state index in [4.69, 9.17) is 4.99 Å². The number of guanidine groups is 1. The molecule has 1 aromatic heterocycles. The number of aliphatic imine (C=N–C) groups is 1. The molecule has 1 unspecified atom stereocenters. The number of aromatic amines is 1. The summed E-state index contributed by atoms with van der Waals surface area (Å²) in [5.41, 5.74) is 2.04. The summed E-state index contributed by atoms with van der Waals surface area (Å²) in [6.07, 6.45) is 5.30. The number of likely N-dealkylation sites (tertiary alicyclic amines) is 1. The minimum Gasteiger partial charge on any atom is -0.361 e. The predicted octanol–water partition coefficient (Wildman–Crippen LogP) is 3.14. The Balaban J connectivity index is 1.50. The van der Waals surface area contributed by atoms with Crippen LogP contribution in [0.3, 0.4) is 0 Å². The first-order chi connectivity index (χ1) is 13.2. The Morgan fingerprint density at radius 3 is 3.04 bits per heavy atom. The van der Waals surface area contributed by atoms with Gasteiger partial charge >= 0.3 is 0 Å². The Hall–Kier alpha value is -2.08. The second-order valence-corrected chi connectivity index (χ2v) is 7.36. The van der Waals surface area contributed by atoms with Gasteiger partial charge in [-0.25, -0.2) is 4.39 Å². The molecule has 1 fully saturated rings. The standard InChI is InChI=1S/C21H32FN5/c1-3-10-27-11-8-16(15-27)13-26-21(23-4-2)24-9-7-17-14-25-20-12-18(22)5-6-19(17)20/h5-6,12,14,16,25H,3-4,7-11,13,15H2,1-2H3,(H2,23,24,26). The van der Waals surface area contributed by atoms with Gasteiger partial charge in [0.1, 0.15) is 5.82 Å². The van der Waals surface area contributed by atoms with E-state index >= 15 is 0 Å². The van der Waals surface area contributed by atoms with Crippen LogP contribution in [0.25, 0.3) is 10.9 Å². The van der Waals surface area contributed by atoms with E-state index in [1.54, 1.807) is 6.07 Å². The van der Waals surface area contributed by atoms with Crippen molar-refractivity contribution in [2.75, 3.05) is 39.3 Å². The quantitative estimate of drug-likeness (QED) is 0.492. The minimum atomic E-state index is -0.208. The first-order valence-corrected chi connectivity index (χ1v) is 10.2. The van der Waals surface area contributed by atoms with Crippen LogP contribution in [0.15, 0.2) is 29.4 Å². The maximum Gasteiger partial charge on any atom is 0.191 e. The first-order valence-electron chi connectivity index (χ1n) is 10.2. The van der Waals surface area contributed by atoms with Crippen molar-refractivity contribution in [2.45, 2.75) is 33.1 Å². The Morgan fingerprint density at radius 2 is 2.22 bits per heavy atom. The molecule has 0 amide bonds. The van der Waals surface area contributed by atoms with Gasteiger partial charge in [0.2, 0.25) is 0 Å². The van der Waals surface area contributed by atoms with E-state index in [2.05, 4.69) is 34.4 Å². The van der Waals surface area contributed by atoms with Crippen molar-refractivity contribution in [3.8, 4) is 0 Å². The van der Waals surface area contributed by atoms with Gasteiger partial charge in [0.05, 0.1) is 0 Å². The highest BCUT2D eigenvalue weighted by molar-refractivity contribution is 5.83. The normalized spacial score (nSPS) is 18.3. The molecule has 2 heterocycles. The average Bonchev–Trinajstić information content (AvgIpc) is 3.27. The molecular weight excluding hydrogens is 341 g/mol. The van der Waals surface area contributed by atoms with Gasteiger partial charge in [0.25, 0.3) is 0 Å². The lowest BCUT2D eigenvalue weighted by Crippen LogP contribution is -2.38. The van der Waals surface area contributed by atoms with Crippen molar-refractivity contribution in [3.05, 3.63) is 35.8 Å². The van der Waals surface area contributed by atoms with E-state index in [0.29, 0.717) is 5.92 Å². The molecule has 2 aromatic rings. The summed E-state index contributed by atoms with van der Waals surface area (Å²) < 4.78 is 13.3. The third kappa shape index (κ3) is 5.45. The van der Waals surface area contributed by atoms with Crippen molar-refractivity contribution < 1.29 is 4.39 Å². The molecule has 148 valence electrons. The highest BCUT2D eigenvalue weighted by atomic mass is 19.1. The molecule has 3 rings (SSSR count). The van der Waals surface area contributed by atoms with Crippen LogP contribution in [0, 0.1) is 11.7 Å². The zero-order valence-corrected chi connectivity index (χ0v) is 16.5. The smallest absolute Gasteiger partial charge is 0.191 e. The molecule has 0 bridgehead atoms. The van der Waals surface area contributed by atoms with Crippen LogP contribution >= 0.6 is 0 Å². The summed E-state index contributed by atoms with van der Waals surface area (Å²) in [6, 6.07) is 4.90. The fraction of sp³-hybridized carbons (Fsp3) is 0.571. The second kappa shape index (κ2) is 9.74. The van der Waals surface area contributed by atoms with Crippen LogP contribution < -0.4 is 10.6 Å². The van der Waals surface area contributed by atoms with Crippen molar-refractivity contribution in [2.24, 2.45) is 10.9 Å². The van der Waals surface area contributed by atoms with Gasteiger partial charge in [0, 0.05) is 43.3 Å². The summed E-state index contributed by atoms with van der Waals surface area (Å²) in [5.74, 6) is 1.34. The fourth-order valence-corrected chi connectivity index (χ4v) is 3.82. The molecule has 5 nitrogen and oxygen atoms in total. The number of hydrogen-bond acceptors (Lipinski definition) is 2. The van der Waals surface area contributed by atoms with E-state index in [9.17, 15) is 4.39 Å². The third-order valence-corrected chi connectivity index (χ3v) is 5.18. The molecule has 1 aliphatic rings. The van der Waals surface area contributed by atoms with Crippen LogP contribution in [-0.4, -0.2) is 55.1 Å². The Bertz CT molecular complexity index is 754. The molecule has 6 heteroatoms. The highest BCUT2D eigenvalue weighted by Crippen LogP contribution is 2.19. The van der Waals surface area contributed by atoms with Crippen molar-refractivity contribution in [3.63, 3.8) is 0 Å². The third-order valence-electron chi connectivity index (χ3n) is 5.18. The van der Waals surface area contributed by atoms with Crippen LogP contribution in [-0.2, 0) is 6.42 Å². The molecule has 27 heavy (non-hydrogen) atoms. The van der Waals surface area contributed by atoms with Gasteiger partial charge in [-0.2, -0.15) is 0 Å². The Kier molecular flexibility index (Phi) is 7.10. The van der Waals surface area contributed by atoms with Crippen molar-refractivity contribution in [1.82, 2.24) is 20.5 Å². The maximum absolute atomic E-state index is 13.3. The summed E-state index contributed by atoms with van der Waals surface area (Å²) in [4.78, 5) is 10.5. The van der Waals surface area contributed by atoms with Gasteiger partial charge in [-0.05, 0) is 69.0 Å². The number of aromatic nitrogens is 1. The number of rotatable bonds is 8. The molecule has 1 saturated heterocycles. The van der Waals surface area contributed by atoms with Gasteiger partial charge in [-0.1, -0.05) is 6.92 Å². The van der Waals surface area contributed by atoms with Gasteiger partial charge in [-0.15, -0.1) is 0 Å². The summed E-state index contributed by atoms with van der Waals surface area (Å²) in [5, 5.41) is 7.85. The maximum atomic E-state index is 13.3. The topological polar surface area (TPSA) is 55.4 Å². The molecule has 0 aliphatic carbocycles. The lowest BCUT2D eigenvalue weighted by Gasteiger charge is -2.15. The summed E-state index contributed by atoms with van der Waals surface area (Å²) in [7, 11) is 0. The number of benzene rings is 1. The van der Waals surface area contributed by atoms with Crippen LogP contribution in [0.1, 0.15) is 32.3 Å². The number of halogens is 1. The lowest BCUT2D eigenvalue weighted by molar-refractivity contribution is 0.326. The molecule has 1 aromatic carbocycles. The number of hydrogen-bond donors (Lipinski definition) is 3. The predicted molar refractivity (Wildman–Crippen MR) is 111 cm³/mol. The van der Waals surface area contributed by atoms with E-state index in [1.807, 2.05) is 12.3 Å². The van der Waals surface area contributed by atoms with Crippen LogP contribution in [0.5, 0.6) is 0 Å². The SMILES string of the molecule is CCCN1CCC(CN=C(NCC)NCCc2c[nH]c3cc(F)ccc23)C1. The fourth-order valence-electron chi connectivity index (χ4n) is 3.82. The molecule has 0 radical (unpaired) electrons. The van der Waals surface area contributed by atoms with Gasteiger partial charge in [-0.3, -0.25) is 4.99 Å². The number of nitrogens with zero attached hydrogens (tertiary/aromatic N) is 2. The van der Waals surface area contributed by atoms with E-state index < -0.39 is 0 Å². The van der Waals surface area contributed by atoms with Crippen LogP contribution in [0.4, 0.5) is 4.39 Å². The van der Waals surface area contributed by atoms with E-state index in [-0.39, 0.29) is 5.82 Å². The summed E-state index contributed by atoms with van der Waals surface area (Å²) in [6.45, 7) is 10.4. The van der Waals surface area contributed by atoms with Crippen LogP contribution in [0.2, 0.25) is 0 Å². The lowest BCUT2D eigenvalue weighted by atomic mass is 10.1. The molecule has 3 N–H and O–H groups in total. The average molecular weight is 374 g/mol. The Labute approximate surface area is 161 Å². The number of nitrogens with one attached hydrogen (secondary N) is 3.